The third kappa shape index (κ3) is 1.10. The zero-order valence-corrected chi connectivity index (χ0v) is 6.38. The number of hydrogen-bond acceptors (Lipinski definition) is 2. The summed E-state index contributed by atoms with van der Waals surface area (Å²) in [7, 11) is 0.370. The molecule has 0 saturated heterocycles. The van der Waals surface area contributed by atoms with Crippen molar-refractivity contribution in [3.63, 3.8) is 0 Å². The normalized spacial score (nSPS) is 18.0. The van der Waals surface area contributed by atoms with Gasteiger partial charge in [-0.1, -0.05) is 6.07 Å². The number of fused-ring (bicyclic) bond motifs is 1. The van der Waals surface area contributed by atoms with Crippen LogP contribution in [0.4, 0.5) is 5.69 Å². The molecule has 0 aliphatic carbocycles. The predicted molar refractivity (Wildman–Crippen MR) is 46.0 cm³/mol. The Morgan fingerprint density at radius 1 is 1.45 bits per heavy atom. The molecule has 2 heteroatoms. The van der Waals surface area contributed by atoms with Gasteiger partial charge in [0.25, 0.3) is 0 Å². The molecule has 0 radical (unpaired) electrons. The Morgan fingerprint density at radius 3 is 3.09 bits per heavy atom. The van der Waals surface area contributed by atoms with Crippen molar-refractivity contribution in [3.05, 3.63) is 29.3 Å². The molecule has 58 valence electrons. The standard InChI is InChI=1S/C9H12N2/c1-11-5-7-2-3-9(10)4-8(7)6-11/h2-4H,5-6,10H2,1H3/i1D. The Balaban J connectivity index is 2.30. The first-order chi connectivity index (χ1) is 5.79. The van der Waals surface area contributed by atoms with E-state index < -0.39 is 0 Å². The van der Waals surface area contributed by atoms with Gasteiger partial charge in [0.05, 0.1) is 0 Å². The van der Waals surface area contributed by atoms with Gasteiger partial charge in [-0.15, -0.1) is 0 Å². The fourth-order valence-corrected chi connectivity index (χ4v) is 1.48. The fourth-order valence-electron chi connectivity index (χ4n) is 1.48. The van der Waals surface area contributed by atoms with Crippen molar-refractivity contribution in [2.45, 2.75) is 13.1 Å². The third-order valence-corrected chi connectivity index (χ3v) is 2.02. The van der Waals surface area contributed by atoms with Crippen LogP contribution >= 0.6 is 0 Å². The SMILES string of the molecule is [2H]CN1Cc2ccc(N)cc2C1. The van der Waals surface area contributed by atoms with Gasteiger partial charge in [-0.3, -0.25) is 4.90 Å². The van der Waals surface area contributed by atoms with E-state index in [9.17, 15) is 0 Å². The van der Waals surface area contributed by atoms with Crippen molar-refractivity contribution in [2.24, 2.45) is 0 Å². The van der Waals surface area contributed by atoms with Crippen LogP contribution in [0, 0.1) is 0 Å². The average molecular weight is 149 g/mol. The van der Waals surface area contributed by atoms with Crippen LogP contribution in [0.2, 0.25) is 0 Å². The van der Waals surface area contributed by atoms with E-state index in [1.54, 1.807) is 0 Å². The molecule has 1 heterocycles. The molecule has 1 aliphatic heterocycles. The summed E-state index contributed by atoms with van der Waals surface area (Å²) >= 11 is 0. The maximum Gasteiger partial charge on any atom is 0.0394 e. The van der Waals surface area contributed by atoms with E-state index in [-0.39, 0.29) is 0 Å². The van der Waals surface area contributed by atoms with Crippen LogP contribution < -0.4 is 5.73 Å². The first kappa shape index (κ1) is 5.61. The van der Waals surface area contributed by atoms with Crippen molar-refractivity contribution in [2.75, 3.05) is 12.8 Å². The number of nitrogens with zero attached hydrogens (tertiary/aromatic N) is 1. The first-order valence-electron chi connectivity index (χ1n) is 4.39. The topological polar surface area (TPSA) is 29.3 Å². The zero-order chi connectivity index (χ0) is 8.55. The molecular formula is C9H12N2. The van der Waals surface area contributed by atoms with Crippen LogP contribution in [0.25, 0.3) is 0 Å². The van der Waals surface area contributed by atoms with E-state index in [2.05, 4.69) is 11.0 Å². The molecule has 0 fully saturated rings. The first-order valence-corrected chi connectivity index (χ1v) is 3.68. The van der Waals surface area contributed by atoms with E-state index in [4.69, 9.17) is 7.10 Å². The lowest BCUT2D eigenvalue weighted by Crippen LogP contribution is -2.07. The van der Waals surface area contributed by atoms with Gasteiger partial charge in [0, 0.05) is 20.1 Å². The van der Waals surface area contributed by atoms with Crippen LogP contribution in [-0.2, 0) is 13.1 Å². The lowest BCUT2D eigenvalue weighted by molar-refractivity contribution is 0.353. The molecule has 0 saturated carbocycles. The van der Waals surface area contributed by atoms with Crippen LogP contribution in [0.5, 0.6) is 0 Å². The Hall–Kier alpha value is -1.02. The highest BCUT2D eigenvalue weighted by atomic mass is 15.1. The molecule has 0 spiro atoms. The molecule has 1 aliphatic rings. The minimum absolute atomic E-state index is 0.370. The summed E-state index contributed by atoms with van der Waals surface area (Å²) in [5.74, 6) is 0. The third-order valence-electron chi connectivity index (χ3n) is 2.02. The van der Waals surface area contributed by atoms with Crippen LogP contribution in [0.3, 0.4) is 0 Å². The molecule has 2 rings (SSSR count). The van der Waals surface area contributed by atoms with Crippen molar-refractivity contribution in [1.29, 1.82) is 0 Å². The van der Waals surface area contributed by atoms with Crippen LogP contribution in [0.15, 0.2) is 18.2 Å². The summed E-state index contributed by atoms with van der Waals surface area (Å²) in [6.07, 6.45) is 0. The van der Waals surface area contributed by atoms with Crippen LogP contribution in [0.1, 0.15) is 12.5 Å². The largest absolute Gasteiger partial charge is 0.399 e. The summed E-state index contributed by atoms with van der Waals surface area (Å²) in [5, 5.41) is 0. The Bertz CT molecular complexity index is 299. The van der Waals surface area contributed by atoms with E-state index in [1.807, 2.05) is 12.1 Å². The minimum atomic E-state index is 0.370. The fraction of sp³-hybridized carbons (Fsp3) is 0.333. The van der Waals surface area contributed by atoms with Crippen molar-refractivity contribution >= 4 is 5.69 Å². The molecular weight excluding hydrogens is 136 g/mol. The summed E-state index contributed by atoms with van der Waals surface area (Å²) in [5.41, 5.74) is 9.07. The smallest absolute Gasteiger partial charge is 0.0394 e. The maximum absolute atomic E-state index is 7.22. The molecule has 11 heavy (non-hydrogen) atoms. The second-order valence-electron chi connectivity index (χ2n) is 3.02. The van der Waals surface area contributed by atoms with E-state index in [1.165, 1.54) is 11.1 Å². The lowest BCUT2D eigenvalue weighted by Gasteiger charge is -2.02. The molecule has 0 bridgehead atoms. The Kier molecular flexibility index (Phi) is 1.14. The predicted octanol–water partition coefficient (Wildman–Crippen LogP) is 1.21. The van der Waals surface area contributed by atoms with Crippen LogP contribution in [-0.4, -0.2) is 11.9 Å². The van der Waals surface area contributed by atoms with E-state index in [0.29, 0.717) is 7.02 Å². The van der Waals surface area contributed by atoms with Gasteiger partial charge in [0.1, 0.15) is 0 Å². The Morgan fingerprint density at radius 2 is 2.27 bits per heavy atom. The highest BCUT2D eigenvalue weighted by Crippen LogP contribution is 2.22. The molecule has 2 N–H and O–H groups in total. The number of rotatable bonds is 0. The molecule has 1 aromatic carbocycles. The molecule has 0 atom stereocenters. The molecule has 0 amide bonds. The van der Waals surface area contributed by atoms with Crippen molar-refractivity contribution in [1.82, 2.24) is 4.90 Å². The van der Waals surface area contributed by atoms with Crippen molar-refractivity contribution < 1.29 is 1.37 Å². The lowest BCUT2D eigenvalue weighted by atomic mass is 10.1. The van der Waals surface area contributed by atoms with Gasteiger partial charge >= 0.3 is 0 Å². The second-order valence-corrected chi connectivity index (χ2v) is 3.02. The van der Waals surface area contributed by atoms with Gasteiger partial charge in [0.15, 0.2) is 0 Å². The summed E-state index contributed by atoms with van der Waals surface area (Å²) < 4.78 is 7.22. The van der Waals surface area contributed by atoms with Gasteiger partial charge in [0.2, 0.25) is 0 Å². The van der Waals surface area contributed by atoms with E-state index in [0.717, 1.165) is 18.8 Å². The molecule has 2 nitrogen and oxygen atoms in total. The van der Waals surface area contributed by atoms with Gasteiger partial charge < -0.3 is 5.73 Å². The zero-order valence-electron chi connectivity index (χ0n) is 7.38. The monoisotopic (exact) mass is 149 g/mol. The van der Waals surface area contributed by atoms with E-state index >= 15 is 0 Å². The average Bonchev–Trinajstić information content (AvgIpc) is 2.46. The summed E-state index contributed by atoms with van der Waals surface area (Å²) in [4.78, 5) is 2.07. The molecule has 0 aromatic heterocycles. The summed E-state index contributed by atoms with van der Waals surface area (Å²) in [6, 6.07) is 5.98. The van der Waals surface area contributed by atoms with Crippen molar-refractivity contribution in [3.8, 4) is 0 Å². The molecule has 0 unspecified atom stereocenters. The minimum Gasteiger partial charge on any atom is -0.399 e. The highest BCUT2D eigenvalue weighted by molar-refractivity contribution is 5.45. The number of nitrogens with two attached hydrogens (primary N) is 1. The summed E-state index contributed by atoms with van der Waals surface area (Å²) in [6.45, 7) is 1.78. The number of hydrogen-bond donors (Lipinski definition) is 1. The van der Waals surface area contributed by atoms with Gasteiger partial charge in [-0.25, -0.2) is 0 Å². The number of nitrogen functional groups attached to an aromatic ring is 1. The number of benzene rings is 1. The molecule has 1 aromatic rings. The Labute approximate surface area is 68.0 Å². The van der Waals surface area contributed by atoms with Gasteiger partial charge in [-0.2, -0.15) is 0 Å². The maximum atomic E-state index is 7.22. The highest BCUT2D eigenvalue weighted by Gasteiger charge is 2.14. The quantitative estimate of drug-likeness (QED) is 0.562. The number of anilines is 1. The second kappa shape index (κ2) is 2.24. The van der Waals surface area contributed by atoms with Gasteiger partial charge in [-0.05, 0) is 30.3 Å².